The topological polar surface area (TPSA) is 46.5 Å². The SMILES string of the molecule is CN=S1(=O)CCCC1C(C)=O. The predicted octanol–water partition coefficient (Wildman–Crippen LogP) is 0.836. The molecule has 3 nitrogen and oxygen atoms in total. The second-order valence-corrected chi connectivity index (χ2v) is 5.54. The van der Waals surface area contributed by atoms with E-state index in [1.807, 2.05) is 0 Å². The van der Waals surface area contributed by atoms with Crippen molar-refractivity contribution in [2.45, 2.75) is 25.0 Å². The molecule has 1 fully saturated rings. The molecule has 0 saturated carbocycles. The van der Waals surface area contributed by atoms with Crippen LogP contribution in [0.3, 0.4) is 0 Å². The average Bonchev–Trinajstić information content (AvgIpc) is 2.32. The van der Waals surface area contributed by atoms with Gasteiger partial charge in [-0.25, -0.2) is 8.57 Å². The lowest BCUT2D eigenvalue weighted by atomic mass is 10.2. The Morgan fingerprint density at radius 2 is 2.27 bits per heavy atom. The molecule has 64 valence electrons. The first-order chi connectivity index (χ1) is 5.10. The largest absolute Gasteiger partial charge is 0.299 e. The second kappa shape index (κ2) is 2.93. The van der Waals surface area contributed by atoms with E-state index in [1.165, 1.54) is 6.92 Å². The van der Waals surface area contributed by atoms with Gasteiger partial charge in [0.05, 0.1) is 9.73 Å². The van der Waals surface area contributed by atoms with Crippen molar-refractivity contribution >= 4 is 15.5 Å². The Labute approximate surface area is 67.4 Å². The van der Waals surface area contributed by atoms with Gasteiger partial charge in [0.15, 0.2) is 0 Å². The van der Waals surface area contributed by atoms with Crippen molar-refractivity contribution in [3.63, 3.8) is 0 Å². The zero-order valence-corrected chi connectivity index (χ0v) is 7.69. The molecule has 0 aromatic rings. The molecule has 0 radical (unpaired) electrons. The third-order valence-corrected chi connectivity index (χ3v) is 5.06. The predicted molar refractivity (Wildman–Crippen MR) is 45.1 cm³/mol. The Kier molecular flexibility index (Phi) is 2.32. The van der Waals surface area contributed by atoms with Crippen LogP contribution in [0.2, 0.25) is 0 Å². The van der Waals surface area contributed by atoms with Gasteiger partial charge in [-0.15, -0.1) is 0 Å². The maximum atomic E-state index is 11.7. The van der Waals surface area contributed by atoms with Gasteiger partial charge in [-0.3, -0.25) is 4.79 Å². The highest BCUT2D eigenvalue weighted by Gasteiger charge is 2.32. The van der Waals surface area contributed by atoms with Gasteiger partial charge in [-0.1, -0.05) is 0 Å². The maximum absolute atomic E-state index is 11.7. The Morgan fingerprint density at radius 1 is 1.64 bits per heavy atom. The number of carbonyl (C=O) groups is 1. The van der Waals surface area contributed by atoms with Crippen molar-refractivity contribution in [2.75, 3.05) is 12.8 Å². The van der Waals surface area contributed by atoms with Gasteiger partial charge in [-0.05, 0) is 19.8 Å². The van der Waals surface area contributed by atoms with Crippen LogP contribution >= 0.6 is 0 Å². The van der Waals surface area contributed by atoms with Crippen LogP contribution in [-0.4, -0.2) is 28.0 Å². The van der Waals surface area contributed by atoms with Crippen LogP contribution in [0.1, 0.15) is 19.8 Å². The fourth-order valence-electron chi connectivity index (χ4n) is 1.48. The Morgan fingerprint density at radius 3 is 2.64 bits per heavy atom. The van der Waals surface area contributed by atoms with E-state index in [2.05, 4.69) is 4.36 Å². The molecule has 0 bridgehead atoms. The summed E-state index contributed by atoms with van der Waals surface area (Å²) >= 11 is 0. The lowest BCUT2D eigenvalue weighted by Gasteiger charge is -2.07. The Balaban J connectivity index is 3.00. The summed E-state index contributed by atoms with van der Waals surface area (Å²) in [6.45, 7) is 1.50. The van der Waals surface area contributed by atoms with Crippen LogP contribution in [0.25, 0.3) is 0 Å². The summed E-state index contributed by atoms with van der Waals surface area (Å²) in [5.74, 6) is 0.631. The van der Waals surface area contributed by atoms with E-state index in [0.29, 0.717) is 5.75 Å². The molecule has 1 aliphatic rings. The van der Waals surface area contributed by atoms with Crippen molar-refractivity contribution in [3.8, 4) is 0 Å². The van der Waals surface area contributed by atoms with E-state index in [9.17, 15) is 9.00 Å². The fourth-order valence-corrected chi connectivity index (χ4v) is 3.84. The van der Waals surface area contributed by atoms with Crippen molar-refractivity contribution in [2.24, 2.45) is 4.36 Å². The molecule has 0 spiro atoms. The molecule has 1 aliphatic heterocycles. The van der Waals surface area contributed by atoms with Crippen LogP contribution in [0.4, 0.5) is 0 Å². The molecule has 2 unspecified atom stereocenters. The average molecular weight is 175 g/mol. The summed E-state index contributed by atoms with van der Waals surface area (Å²) in [5.41, 5.74) is 0. The Hall–Kier alpha value is -0.380. The van der Waals surface area contributed by atoms with Gasteiger partial charge < -0.3 is 0 Å². The molecular formula is C7H13NO2S. The van der Waals surface area contributed by atoms with Crippen LogP contribution in [0.15, 0.2) is 4.36 Å². The highest BCUT2D eigenvalue weighted by Crippen LogP contribution is 2.22. The molecule has 0 N–H and O–H groups in total. The van der Waals surface area contributed by atoms with E-state index in [1.54, 1.807) is 7.05 Å². The summed E-state index contributed by atoms with van der Waals surface area (Å²) in [6, 6.07) is 0. The lowest BCUT2D eigenvalue weighted by molar-refractivity contribution is -0.116. The molecule has 1 saturated heterocycles. The molecule has 1 heterocycles. The van der Waals surface area contributed by atoms with Gasteiger partial charge in [0.2, 0.25) is 0 Å². The van der Waals surface area contributed by atoms with Crippen molar-refractivity contribution in [1.29, 1.82) is 0 Å². The smallest absolute Gasteiger partial charge is 0.146 e. The summed E-state index contributed by atoms with van der Waals surface area (Å²) in [6.07, 6.45) is 1.63. The molecule has 0 amide bonds. The summed E-state index contributed by atoms with van der Waals surface area (Å²) in [5, 5.41) is -0.285. The van der Waals surface area contributed by atoms with E-state index >= 15 is 0 Å². The van der Waals surface area contributed by atoms with E-state index in [4.69, 9.17) is 0 Å². The van der Waals surface area contributed by atoms with Gasteiger partial charge in [-0.2, -0.15) is 0 Å². The van der Waals surface area contributed by atoms with Gasteiger partial charge in [0.1, 0.15) is 11.0 Å². The van der Waals surface area contributed by atoms with Crippen LogP contribution in [0.5, 0.6) is 0 Å². The van der Waals surface area contributed by atoms with E-state index in [0.717, 1.165) is 12.8 Å². The number of hydrogen-bond donors (Lipinski definition) is 0. The van der Waals surface area contributed by atoms with Crippen LogP contribution in [0, 0.1) is 0 Å². The monoisotopic (exact) mass is 175 g/mol. The maximum Gasteiger partial charge on any atom is 0.146 e. The van der Waals surface area contributed by atoms with Crippen LogP contribution < -0.4 is 0 Å². The minimum atomic E-state index is -2.16. The second-order valence-electron chi connectivity index (χ2n) is 2.82. The number of ketones is 1. The van der Waals surface area contributed by atoms with E-state index in [-0.39, 0.29) is 11.0 Å². The highest BCUT2D eigenvalue weighted by atomic mass is 32.2. The summed E-state index contributed by atoms with van der Waals surface area (Å²) in [7, 11) is -0.611. The number of carbonyl (C=O) groups excluding carboxylic acids is 1. The quantitative estimate of drug-likeness (QED) is 0.592. The number of Topliss-reactive ketones (excluding diaryl/α,β-unsaturated/α-hetero) is 1. The molecule has 0 aliphatic carbocycles. The van der Waals surface area contributed by atoms with Crippen molar-refractivity contribution < 1.29 is 9.00 Å². The molecular weight excluding hydrogens is 162 g/mol. The normalized spacial score (nSPS) is 37.1. The zero-order chi connectivity index (χ0) is 8.48. The minimum absolute atomic E-state index is 0.0260. The summed E-state index contributed by atoms with van der Waals surface area (Å²) < 4.78 is 15.6. The number of rotatable bonds is 1. The summed E-state index contributed by atoms with van der Waals surface area (Å²) in [4.78, 5) is 11.0. The van der Waals surface area contributed by atoms with Gasteiger partial charge in [0.25, 0.3) is 0 Å². The first-order valence-electron chi connectivity index (χ1n) is 3.72. The molecule has 2 atom stereocenters. The van der Waals surface area contributed by atoms with Crippen molar-refractivity contribution in [1.82, 2.24) is 0 Å². The lowest BCUT2D eigenvalue weighted by Crippen LogP contribution is -2.23. The fraction of sp³-hybridized carbons (Fsp3) is 0.857. The molecule has 0 aromatic heterocycles. The highest BCUT2D eigenvalue weighted by molar-refractivity contribution is 7.95. The number of nitrogens with zero attached hydrogens (tertiary/aromatic N) is 1. The molecule has 11 heavy (non-hydrogen) atoms. The first kappa shape index (κ1) is 8.71. The first-order valence-corrected chi connectivity index (χ1v) is 5.47. The molecule has 4 heteroatoms. The van der Waals surface area contributed by atoms with Gasteiger partial charge >= 0.3 is 0 Å². The van der Waals surface area contributed by atoms with Gasteiger partial charge in [0, 0.05) is 12.8 Å². The van der Waals surface area contributed by atoms with E-state index < -0.39 is 9.73 Å². The molecule has 1 rings (SSSR count). The minimum Gasteiger partial charge on any atom is -0.299 e. The number of hydrogen-bond acceptors (Lipinski definition) is 3. The Bertz CT molecular complexity index is 276. The zero-order valence-electron chi connectivity index (χ0n) is 6.87. The van der Waals surface area contributed by atoms with Crippen LogP contribution in [-0.2, 0) is 14.5 Å². The standard InChI is InChI=1S/C7H13NO2S/c1-6(9)7-4-3-5-11(7,10)8-2/h7H,3-5H2,1-2H3. The molecule has 0 aromatic carbocycles. The van der Waals surface area contributed by atoms with Crippen molar-refractivity contribution in [3.05, 3.63) is 0 Å². The third-order valence-electron chi connectivity index (χ3n) is 2.11. The third kappa shape index (κ3) is 1.45.